The quantitative estimate of drug-likeness (QED) is 0.760. The fraction of sp³-hybridized carbons (Fsp3) is 0. The predicted molar refractivity (Wildman–Crippen MR) is 83.3 cm³/mol. The number of hydrogen-bond acceptors (Lipinski definition) is 4. The molecule has 0 saturated heterocycles. The van der Waals surface area contributed by atoms with Crippen LogP contribution >= 0.6 is 11.6 Å². The largest absolute Gasteiger partial charge is 0.437 e. The first kappa shape index (κ1) is 13.4. The molecule has 3 rings (SSSR count). The highest BCUT2D eigenvalue weighted by Gasteiger charge is 2.05. The smallest absolute Gasteiger partial charge is 0.219 e. The molecule has 21 heavy (non-hydrogen) atoms. The second-order valence-electron chi connectivity index (χ2n) is 4.28. The number of aromatic nitrogens is 2. The van der Waals surface area contributed by atoms with Gasteiger partial charge in [-0.1, -0.05) is 17.7 Å². The number of hydrogen-bond donors (Lipinski definition) is 1. The zero-order valence-corrected chi connectivity index (χ0v) is 11.8. The van der Waals surface area contributed by atoms with Gasteiger partial charge in [-0.15, -0.1) is 0 Å². The molecule has 0 aliphatic rings. The molecule has 104 valence electrons. The van der Waals surface area contributed by atoms with Crippen molar-refractivity contribution in [3.63, 3.8) is 0 Å². The Labute approximate surface area is 127 Å². The van der Waals surface area contributed by atoms with Gasteiger partial charge in [-0.2, -0.15) is 0 Å². The fourth-order valence-corrected chi connectivity index (χ4v) is 2.00. The van der Waals surface area contributed by atoms with E-state index >= 15 is 0 Å². The molecule has 1 N–H and O–H groups in total. The summed E-state index contributed by atoms with van der Waals surface area (Å²) in [4.78, 5) is 8.07. The van der Waals surface area contributed by atoms with E-state index in [1.165, 1.54) is 0 Å². The maximum Gasteiger partial charge on any atom is 0.219 e. The Morgan fingerprint density at radius 1 is 0.905 bits per heavy atom. The van der Waals surface area contributed by atoms with E-state index in [1.54, 1.807) is 36.8 Å². The molecular weight excluding hydrogens is 286 g/mol. The number of nitrogens with one attached hydrogen (secondary N) is 1. The van der Waals surface area contributed by atoms with Crippen molar-refractivity contribution in [2.45, 2.75) is 0 Å². The molecule has 0 amide bonds. The van der Waals surface area contributed by atoms with Crippen LogP contribution in [0, 0.1) is 0 Å². The highest BCUT2D eigenvalue weighted by atomic mass is 35.5. The second-order valence-corrected chi connectivity index (χ2v) is 4.68. The molecule has 1 aromatic carbocycles. The average molecular weight is 298 g/mol. The molecule has 0 aliphatic carbocycles. The fourth-order valence-electron chi connectivity index (χ4n) is 1.78. The third-order valence-electron chi connectivity index (χ3n) is 2.75. The monoisotopic (exact) mass is 297 g/mol. The van der Waals surface area contributed by atoms with Gasteiger partial charge in [0.05, 0.1) is 5.02 Å². The van der Waals surface area contributed by atoms with Gasteiger partial charge in [-0.3, -0.25) is 4.98 Å². The molecular formula is C16H12ClN3O. The SMILES string of the molecule is Clc1cc(Nc2ccncc2)ccc1Oc1ccccn1. The van der Waals surface area contributed by atoms with E-state index in [9.17, 15) is 0 Å². The topological polar surface area (TPSA) is 47.0 Å². The van der Waals surface area contributed by atoms with Crippen LogP contribution in [-0.4, -0.2) is 9.97 Å². The van der Waals surface area contributed by atoms with E-state index in [0.717, 1.165) is 11.4 Å². The summed E-state index contributed by atoms with van der Waals surface area (Å²) in [7, 11) is 0. The first-order valence-corrected chi connectivity index (χ1v) is 6.74. The first-order chi connectivity index (χ1) is 10.3. The number of ether oxygens (including phenoxy) is 1. The van der Waals surface area contributed by atoms with Crippen LogP contribution in [0.25, 0.3) is 0 Å². The lowest BCUT2D eigenvalue weighted by Crippen LogP contribution is -1.92. The molecule has 3 aromatic rings. The average Bonchev–Trinajstić information content (AvgIpc) is 2.52. The van der Waals surface area contributed by atoms with Crippen molar-refractivity contribution in [3.8, 4) is 11.6 Å². The van der Waals surface area contributed by atoms with E-state index in [-0.39, 0.29) is 0 Å². The van der Waals surface area contributed by atoms with Crippen molar-refractivity contribution in [3.05, 3.63) is 72.1 Å². The van der Waals surface area contributed by atoms with Crippen molar-refractivity contribution < 1.29 is 4.74 Å². The van der Waals surface area contributed by atoms with Crippen molar-refractivity contribution in [2.24, 2.45) is 0 Å². The summed E-state index contributed by atoms with van der Waals surface area (Å²) < 4.78 is 5.63. The third-order valence-corrected chi connectivity index (χ3v) is 3.05. The van der Waals surface area contributed by atoms with Gasteiger partial charge in [0.1, 0.15) is 5.75 Å². The minimum Gasteiger partial charge on any atom is -0.437 e. The van der Waals surface area contributed by atoms with E-state index in [4.69, 9.17) is 16.3 Å². The van der Waals surface area contributed by atoms with Crippen molar-refractivity contribution in [1.82, 2.24) is 9.97 Å². The predicted octanol–water partition coefficient (Wildman–Crippen LogP) is 4.67. The van der Waals surface area contributed by atoms with Gasteiger partial charge in [-0.05, 0) is 36.4 Å². The number of rotatable bonds is 4. The maximum absolute atomic E-state index is 6.24. The first-order valence-electron chi connectivity index (χ1n) is 6.37. The Bertz CT molecular complexity index is 720. The van der Waals surface area contributed by atoms with E-state index in [1.807, 2.05) is 30.3 Å². The van der Waals surface area contributed by atoms with Crippen LogP contribution in [0.15, 0.2) is 67.1 Å². The van der Waals surface area contributed by atoms with Gasteiger partial charge < -0.3 is 10.1 Å². The molecule has 5 heteroatoms. The summed E-state index contributed by atoms with van der Waals surface area (Å²) in [5, 5.41) is 3.75. The van der Waals surface area contributed by atoms with Gasteiger partial charge in [0.15, 0.2) is 0 Å². The normalized spacial score (nSPS) is 10.1. The standard InChI is InChI=1S/C16H12ClN3O/c17-14-11-13(20-12-6-9-18-10-7-12)4-5-15(14)21-16-3-1-2-8-19-16/h1-11H,(H,18,20). The van der Waals surface area contributed by atoms with Crippen molar-refractivity contribution in [1.29, 1.82) is 0 Å². The molecule has 0 fully saturated rings. The van der Waals surface area contributed by atoms with Crippen LogP contribution < -0.4 is 10.1 Å². The highest BCUT2D eigenvalue weighted by molar-refractivity contribution is 6.32. The number of pyridine rings is 2. The molecule has 0 atom stereocenters. The van der Waals surface area contributed by atoms with Crippen LogP contribution in [0.4, 0.5) is 11.4 Å². The molecule has 0 saturated carbocycles. The zero-order chi connectivity index (χ0) is 14.5. The van der Waals surface area contributed by atoms with Gasteiger partial charge in [-0.25, -0.2) is 4.98 Å². The van der Waals surface area contributed by atoms with Crippen molar-refractivity contribution >= 4 is 23.0 Å². The van der Waals surface area contributed by atoms with Crippen LogP contribution in [0.1, 0.15) is 0 Å². The number of anilines is 2. The molecule has 0 radical (unpaired) electrons. The Hall–Kier alpha value is -2.59. The summed E-state index contributed by atoms with van der Waals surface area (Å²) in [6.07, 6.45) is 5.12. The Morgan fingerprint density at radius 3 is 2.48 bits per heavy atom. The lowest BCUT2D eigenvalue weighted by atomic mass is 10.3. The molecule has 0 aliphatic heterocycles. The summed E-state index contributed by atoms with van der Waals surface area (Å²) in [6.45, 7) is 0. The summed E-state index contributed by atoms with van der Waals surface area (Å²) >= 11 is 6.24. The third kappa shape index (κ3) is 3.49. The highest BCUT2D eigenvalue weighted by Crippen LogP contribution is 2.31. The summed E-state index contributed by atoms with van der Waals surface area (Å²) in [6, 6.07) is 14.7. The molecule has 2 aromatic heterocycles. The summed E-state index contributed by atoms with van der Waals surface area (Å²) in [5.41, 5.74) is 1.82. The number of nitrogens with zero attached hydrogens (tertiary/aromatic N) is 2. The molecule has 2 heterocycles. The summed E-state index contributed by atoms with van der Waals surface area (Å²) in [5.74, 6) is 1.07. The van der Waals surface area contributed by atoms with Crippen LogP contribution in [0.2, 0.25) is 5.02 Å². The number of halogens is 1. The van der Waals surface area contributed by atoms with Gasteiger partial charge in [0.2, 0.25) is 5.88 Å². The van der Waals surface area contributed by atoms with Crippen molar-refractivity contribution in [2.75, 3.05) is 5.32 Å². The van der Waals surface area contributed by atoms with Gasteiger partial charge in [0, 0.05) is 36.0 Å². The maximum atomic E-state index is 6.24. The molecule has 0 bridgehead atoms. The molecule has 4 nitrogen and oxygen atoms in total. The van der Waals surface area contributed by atoms with Crippen LogP contribution in [0.3, 0.4) is 0 Å². The van der Waals surface area contributed by atoms with Crippen LogP contribution in [0.5, 0.6) is 11.6 Å². The van der Waals surface area contributed by atoms with Gasteiger partial charge in [0.25, 0.3) is 0 Å². The second kappa shape index (κ2) is 6.24. The number of benzene rings is 1. The Morgan fingerprint density at radius 2 is 1.76 bits per heavy atom. The minimum atomic E-state index is 0.509. The Balaban J connectivity index is 1.77. The Kier molecular flexibility index (Phi) is 3.98. The lowest BCUT2D eigenvalue weighted by molar-refractivity contribution is 0.463. The lowest BCUT2D eigenvalue weighted by Gasteiger charge is -2.10. The van der Waals surface area contributed by atoms with E-state index in [0.29, 0.717) is 16.7 Å². The molecule has 0 spiro atoms. The van der Waals surface area contributed by atoms with Crippen LogP contribution in [-0.2, 0) is 0 Å². The zero-order valence-electron chi connectivity index (χ0n) is 11.0. The minimum absolute atomic E-state index is 0.509. The van der Waals surface area contributed by atoms with Gasteiger partial charge >= 0.3 is 0 Å². The molecule has 0 unspecified atom stereocenters. The van der Waals surface area contributed by atoms with E-state index < -0.39 is 0 Å². The van der Waals surface area contributed by atoms with E-state index in [2.05, 4.69) is 15.3 Å².